The molecule has 1 aliphatic rings. The van der Waals surface area contributed by atoms with E-state index in [0.29, 0.717) is 13.2 Å². The van der Waals surface area contributed by atoms with Crippen LogP contribution in [-0.4, -0.2) is 29.2 Å². The smallest absolute Gasteiger partial charge is 0.311 e. The van der Waals surface area contributed by atoms with E-state index in [1.807, 2.05) is 0 Å². The maximum Gasteiger partial charge on any atom is 0.311 e. The third-order valence-corrected chi connectivity index (χ3v) is 2.52. The molecule has 86 valence electrons. The van der Waals surface area contributed by atoms with E-state index >= 15 is 0 Å². The van der Waals surface area contributed by atoms with Gasteiger partial charge in [-0.3, -0.25) is 10.1 Å². The lowest BCUT2D eigenvalue weighted by molar-refractivity contribution is -0.384. The van der Waals surface area contributed by atoms with Gasteiger partial charge in [0, 0.05) is 12.7 Å². The lowest BCUT2D eigenvalue weighted by Gasteiger charge is -2.11. The number of hydrogen-bond donors (Lipinski definition) is 1. The van der Waals surface area contributed by atoms with Crippen LogP contribution in [0.4, 0.5) is 11.5 Å². The molecule has 1 N–H and O–H groups in total. The minimum Gasteiger partial charge on any atom is -0.379 e. The van der Waals surface area contributed by atoms with Gasteiger partial charge in [-0.1, -0.05) is 11.6 Å². The van der Waals surface area contributed by atoms with Gasteiger partial charge in [0.15, 0.2) is 0 Å². The Balaban J connectivity index is 2.22. The first-order valence-electron chi connectivity index (χ1n) is 4.82. The van der Waals surface area contributed by atoms with Crippen molar-refractivity contribution in [2.24, 2.45) is 0 Å². The molecule has 1 aliphatic heterocycles. The van der Waals surface area contributed by atoms with Crippen LogP contribution in [0.5, 0.6) is 0 Å². The highest BCUT2D eigenvalue weighted by Gasteiger charge is 2.21. The van der Waals surface area contributed by atoms with E-state index in [1.165, 1.54) is 12.1 Å². The zero-order valence-electron chi connectivity index (χ0n) is 8.35. The molecule has 1 fully saturated rings. The third kappa shape index (κ3) is 2.40. The minimum absolute atomic E-state index is 0.0599. The predicted octanol–water partition coefficient (Wildman–Crippen LogP) is 1.84. The second-order valence-electron chi connectivity index (χ2n) is 3.46. The zero-order chi connectivity index (χ0) is 11.5. The Morgan fingerprint density at radius 3 is 3.06 bits per heavy atom. The van der Waals surface area contributed by atoms with Crippen LogP contribution < -0.4 is 5.32 Å². The molecule has 16 heavy (non-hydrogen) atoms. The molecule has 0 bridgehead atoms. The van der Waals surface area contributed by atoms with Crippen LogP contribution in [0.1, 0.15) is 6.42 Å². The van der Waals surface area contributed by atoms with Crippen molar-refractivity contribution in [1.82, 2.24) is 4.98 Å². The van der Waals surface area contributed by atoms with Gasteiger partial charge >= 0.3 is 5.69 Å². The molecular weight excluding hydrogens is 234 g/mol. The molecule has 7 heteroatoms. The van der Waals surface area contributed by atoms with Crippen LogP contribution in [0, 0.1) is 10.1 Å². The number of anilines is 1. The fraction of sp³-hybridized carbons (Fsp3) is 0.444. The molecule has 2 heterocycles. The van der Waals surface area contributed by atoms with E-state index in [0.717, 1.165) is 6.42 Å². The van der Waals surface area contributed by atoms with E-state index in [2.05, 4.69) is 10.3 Å². The van der Waals surface area contributed by atoms with Crippen LogP contribution in [0.15, 0.2) is 12.1 Å². The number of aromatic nitrogens is 1. The lowest BCUT2D eigenvalue weighted by atomic mass is 10.2. The second kappa shape index (κ2) is 4.63. The summed E-state index contributed by atoms with van der Waals surface area (Å²) in [7, 11) is 0. The Kier molecular flexibility index (Phi) is 3.21. The Labute approximate surface area is 96.7 Å². The fourth-order valence-corrected chi connectivity index (χ4v) is 1.67. The summed E-state index contributed by atoms with van der Waals surface area (Å²) in [6.07, 6.45) is 0.811. The molecule has 0 saturated carbocycles. The number of hydrogen-bond acceptors (Lipinski definition) is 5. The van der Waals surface area contributed by atoms with Gasteiger partial charge in [-0.25, -0.2) is 4.98 Å². The maximum atomic E-state index is 10.8. The van der Waals surface area contributed by atoms with Crippen molar-refractivity contribution in [2.75, 3.05) is 18.5 Å². The Bertz CT molecular complexity index is 407. The molecule has 0 aromatic carbocycles. The lowest BCUT2D eigenvalue weighted by Crippen LogP contribution is -2.20. The Hall–Kier alpha value is -1.40. The summed E-state index contributed by atoms with van der Waals surface area (Å²) < 4.78 is 5.17. The fourth-order valence-electron chi connectivity index (χ4n) is 1.52. The summed E-state index contributed by atoms with van der Waals surface area (Å²) in [4.78, 5) is 14.2. The highest BCUT2D eigenvalue weighted by molar-refractivity contribution is 6.29. The van der Waals surface area contributed by atoms with E-state index in [1.54, 1.807) is 0 Å². The molecule has 2 rings (SSSR count). The molecule has 1 unspecified atom stereocenters. The monoisotopic (exact) mass is 243 g/mol. The summed E-state index contributed by atoms with van der Waals surface area (Å²) in [6.45, 7) is 1.19. The summed E-state index contributed by atoms with van der Waals surface area (Å²) in [5, 5.41) is 14.0. The van der Waals surface area contributed by atoms with Crippen LogP contribution in [-0.2, 0) is 4.74 Å². The van der Waals surface area contributed by atoms with Crippen molar-refractivity contribution in [3.63, 3.8) is 0 Å². The van der Waals surface area contributed by atoms with Gasteiger partial charge in [-0.15, -0.1) is 0 Å². The number of rotatable bonds is 3. The van der Waals surface area contributed by atoms with Crippen molar-refractivity contribution in [3.05, 3.63) is 27.4 Å². The van der Waals surface area contributed by atoms with Crippen molar-refractivity contribution in [3.8, 4) is 0 Å². The average molecular weight is 244 g/mol. The molecule has 1 aromatic heterocycles. The van der Waals surface area contributed by atoms with Gasteiger partial charge in [0.25, 0.3) is 0 Å². The largest absolute Gasteiger partial charge is 0.379 e. The third-order valence-electron chi connectivity index (χ3n) is 2.31. The highest BCUT2D eigenvalue weighted by atomic mass is 35.5. The van der Waals surface area contributed by atoms with Crippen molar-refractivity contribution in [2.45, 2.75) is 12.5 Å². The van der Waals surface area contributed by atoms with E-state index in [-0.39, 0.29) is 22.7 Å². The van der Waals surface area contributed by atoms with Gasteiger partial charge < -0.3 is 10.1 Å². The SMILES string of the molecule is O=[N+]([O-])c1ccc(Cl)nc1NC1CCOC1. The van der Waals surface area contributed by atoms with E-state index < -0.39 is 4.92 Å². The number of nitrogens with zero attached hydrogens (tertiary/aromatic N) is 2. The minimum atomic E-state index is -0.485. The van der Waals surface area contributed by atoms with E-state index in [9.17, 15) is 10.1 Å². The highest BCUT2D eigenvalue weighted by Crippen LogP contribution is 2.25. The standard InChI is InChI=1S/C9H10ClN3O3/c10-8-2-1-7(13(14)15)9(12-8)11-6-3-4-16-5-6/h1-2,6H,3-5H2,(H,11,12). The van der Waals surface area contributed by atoms with Crippen molar-refractivity contribution in [1.29, 1.82) is 0 Å². The quantitative estimate of drug-likeness (QED) is 0.498. The Morgan fingerprint density at radius 1 is 1.62 bits per heavy atom. The molecule has 1 atom stereocenters. The maximum absolute atomic E-state index is 10.8. The summed E-state index contributed by atoms with van der Waals surface area (Å²) in [5.41, 5.74) is -0.0729. The first kappa shape index (κ1) is 11.1. The van der Waals surface area contributed by atoms with Crippen LogP contribution >= 0.6 is 11.6 Å². The van der Waals surface area contributed by atoms with Gasteiger partial charge in [0.1, 0.15) is 5.15 Å². The van der Waals surface area contributed by atoms with Crippen molar-refractivity contribution < 1.29 is 9.66 Å². The zero-order valence-corrected chi connectivity index (χ0v) is 9.11. The number of nitrogens with one attached hydrogen (secondary N) is 1. The molecule has 6 nitrogen and oxygen atoms in total. The summed E-state index contributed by atoms with van der Waals surface area (Å²) >= 11 is 5.70. The number of halogens is 1. The molecule has 0 aliphatic carbocycles. The van der Waals surface area contributed by atoms with Crippen LogP contribution in [0.25, 0.3) is 0 Å². The van der Waals surface area contributed by atoms with Crippen molar-refractivity contribution >= 4 is 23.1 Å². The number of nitro groups is 1. The molecule has 0 radical (unpaired) electrons. The first-order valence-corrected chi connectivity index (χ1v) is 5.20. The van der Waals surface area contributed by atoms with Gasteiger partial charge in [-0.2, -0.15) is 0 Å². The van der Waals surface area contributed by atoms with E-state index in [4.69, 9.17) is 16.3 Å². The molecule has 1 saturated heterocycles. The normalized spacial score (nSPS) is 19.7. The predicted molar refractivity (Wildman–Crippen MR) is 58.7 cm³/mol. The van der Waals surface area contributed by atoms with Gasteiger partial charge in [0.05, 0.1) is 17.6 Å². The first-order chi connectivity index (χ1) is 7.66. The summed E-state index contributed by atoms with van der Waals surface area (Å²) in [6, 6.07) is 2.80. The molecular formula is C9H10ClN3O3. The molecule has 0 amide bonds. The second-order valence-corrected chi connectivity index (χ2v) is 3.85. The van der Waals surface area contributed by atoms with Gasteiger partial charge in [-0.05, 0) is 12.5 Å². The topological polar surface area (TPSA) is 77.3 Å². The van der Waals surface area contributed by atoms with Gasteiger partial charge in [0.2, 0.25) is 5.82 Å². The number of pyridine rings is 1. The van der Waals surface area contributed by atoms with Crippen LogP contribution in [0.2, 0.25) is 5.15 Å². The average Bonchev–Trinajstić information content (AvgIpc) is 2.70. The molecule has 1 aromatic rings. The Morgan fingerprint density at radius 2 is 2.44 bits per heavy atom. The van der Waals surface area contributed by atoms with Crippen LogP contribution in [0.3, 0.4) is 0 Å². The molecule has 0 spiro atoms. The summed E-state index contributed by atoms with van der Waals surface area (Å²) in [5.74, 6) is 0.202. The number of ether oxygens (including phenoxy) is 1.